The molecule has 11 atom stereocenters. The highest BCUT2D eigenvalue weighted by Gasteiger charge is 2.38. The summed E-state index contributed by atoms with van der Waals surface area (Å²) < 4.78 is 0. The van der Waals surface area contributed by atoms with E-state index in [-0.39, 0.29) is 62.8 Å². The van der Waals surface area contributed by atoms with Gasteiger partial charge in [-0.25, -0.2) is 4.79 Å². The average molecular weight is 1130 g/mol. The summed E-state index contributed by atoms with van der Waals surface area (Å²) in [7, 11) is 0. The molecule has 16 N–H and O–H groups in total. The van der Waals surface area contributed by atoms with Gasteiger partial charge >= 0.3 is 11.9 Å². The van der Waals surface area contributed by atoms with E-state index >= 15 is 0 Å². The summed E-state index contributed by atoms with van der Waals surface area (Å²) in [6.07, 6.45) is 0.0701. The zero-order valence-corrected chi connectivity index (χ0v) is 48.0. The standard InChI is InChI=1S/C57H87N11O13/c1-10-33(8)47(67-53(76)43(28-45(70)71)64-51(74)41(26-35-18-12-11-13-19-35)65-54(77)46(59)32(6)7)55(78)68-48(34(9)69)56(79)61-39(22-16-17-23-58)49(72)63-42(27-36-29-60-38-21-15-14-20-37(36)38)52(75)62-40(24-30(2)3)50(73)66-44(57(80)81)25-31(4)5/h11-15,18-21,29-34,39-44,46-48,60,69H,10,16-17,22-28,58-59H2,1-9H3,(H,61,79)(H,62,75)(H,63,72)(H,64,74)(H,65,77)(H,66,73)(H,67,76)(H,68,78)(H,70,71)(H,80,81)/t33-,34+,39-,40-,41-,42-,43-,44-,46-,47-,48-/m0/s1. The first-order valence-corrected chi connectivity index (χ1v) is 27.8. The number of nitrogens with one attached hydrogen (secondary N) is 9. The molecule has 81 heavy (non-hydrogen) atoms. The third-order valence-electron chi connectivity index (χ3n) is 13.8. The molecule has 0 spiro atoms. The summed E-state index contributed by atoms with van der Waals surface area (Å²) >= 11 is 0. The second kappa shape index (κ2) is 33.3. The van der Waals surface area contributed by atoms with Crippen LogP contribution in [0.1, 0.15) is 118 Å². The summed E-state index contributed by atoms with van der Waals surface area (Å²) in [6.45, 7) is 15.4. The number of carbonyl (C=O) groups is 10. The number of fused-ring (bicyclic) bond motifs is 1. The van der Waals surface area contributed by atoms with E-state index in [0.717, 1.165) is 10.9 Å². The predicted octanol–water partition coefficient (Wildman–Crippen LogP) is 1.02. The minimum atomic E-state index is -1.79. The molecule has 2 aromatic carbocycles. The molecule has 1 aromatic heterocycles. The van der Waals surface area contributed by atoms with E-state index in [1.165, 1.54) is 6.92 Å². The van der Waals surface area contributed by atoms with Crippen molar-refractivity contribution in [1.29, 1.82) is 0 Å². The van der Waals surface area contributed by atoms with Crippen molar-refractivity contribution in [3.05, 3.63) is 71.9 Å². The van der Waals surface area contributed by atoms with Crippen molar-refractivity contribution >= 4 is 70.1 Å². The number of amides is 8. The van der Waals surface area contributed by atoms with Gasteiger partial charge in [-0.3, -0.25) is 43.2 Å². The van der Waals surface area contributed by atoms with Crippen molar-refractivity contribution in [3.8, 4) is 0 Å². The van der Waals surface area contributed by atoms with Gasteiger partial charge in [-0.2, -0.15) is 0 Å². The SMILES string of the molecule is CC[C@H](C)[C@H](NC(=O)[C@H](CC(=O)O)NC(=O)[C@H](Cc1ccccc1)NC(=O)[C@@H](N)C(C)C)C(=O)N[C@H](C(=O)N[C@@H](CCCCN)C(=O)N[C@@H](Cc1c[nH]c2ccccc12)C(=O)N[C@@H](CC(C)C)C(=O)N[C@@H](CC(C)C)C(=O)O)[C@@H](C)O. The number of aliphatic hydroxyl groups excluding tert-OH is 1. The number of aliphatic carboxylic acids is 2. The van der Waals surface area contributed by atoms with Crippen LogP contribution in [0.4, 0.5) is 0 Å². The van der Waals surface area contributed by atoms with Crippen LogP contribution in [0.15, 0.2) is 60.8 Å². The lowest BCUT2D eigenvalue weighted by Crippen LogP contribution is -2.63. The summed E-state index contributed by atoms with van der Waals surface area (Å²) in [4.78, 5) is 140. The summed E-state index contributed by atoms with van der Waals surface area (Å²) in [5, 5.41) is 52.2. The van der Waals surface area contributed by atoms with Crippen molar-refractivity contribution in [1.82, 2.24) is 47.5 Å². The summed E-state index contributed by atoms with van der Waals surface area (Å²) in [5.41, 5.74) is 13.8. The lowest BCUT2D eigenvalue weighted by Gasteiger charge is -2.30. The van der Waals surface area contributed by atoms with Crippen LogP contribution in [0, 0.1) is 23.7 Å². The Morgan fingerprint density at radius 1 is 0.543 bits per heavy atom. The van der Waals surface area contributed by atoms with Crippen LogP contribution in [0.25, 0.3) is 10.9 Å². The molecule has 1 heterocycles. The van der Waals surface area contributed by atoms with E-state index in [4.69, 9.17) is 11.5 Å². The van der Waals surface area contributed by atoms with Crippen molar-refractivity contribution < 1.29 is 63.3 Å². The van der Waals surface area contributed by atoms with Gasteiger partial charge in [-0.1, -0.05) is 110 Å². The van der Waals surface area contributed by atoms with Crippen molar-refractivity contribution in [2.45, 2.75) is 181 Å². The molecule has 0 radical (unpaired) electrons. The van der Waals surface area contributed by atoms with Crippen LogP contribution in [0.5, 0.6) is 0 Å². The van der Waals surface area contributed by atoms with Gasteiger partial charge in [0.1, 0.15) is 48.3 Å². The number of rotatable bonds is 35. The van der Waals surface area contributed by atoms with Gasteiger partial charge in [-0.05, 0) is 86.4 Å². The fraction of sp³-hybridized carbons (Fsp3) is 0.579. The second-order valence-corrected chi connectivity index (χ2v) is 22.0. The third-order valence-corrected chi connectivity index (χ3v) is 13.8. The topological polar surface area (TPSA) is 395 Å². The molecule has 3 aromatic rings. The van der Waals surface area contributed by atoms with Gasteiger partial charge in [-0.15, -0.1) is 0 Å². The average Bonchev–Trinajstić information content (AvgIpc) is 3.90. The number of carboxylic acids is 2. The highest BCUT2D eigenvalue weighted by Crippen LogP contribution is 2.20. The summed E-state index contributed by atoms with van der Waals surface area (Å²) in [6, 6.07) is 3.20. The van der Waals surface area contributed by atoms with Gasteiger partial charge in [0, 0.05) is 29.9 Å². The quantitative estimate of drug-likeness (QED) is 0.0366. The molecule has 0 aliphatic rings. The Balaban J connectivity index is 1.95. The highest BCUT2D eigenvalue weighted by atomic mass is 16.4. The molecule has 0 saturated heterocycles. The van der Waals surface area contributed by atoms with Gasteiger partial charge in [0.15, 0.2) is 0 Å². The Kier molecular flexibility index (Phi) is 27.9. The van der Waals surface area contributed by atoms with Crippen molar-refractivity contribution in [2.75, 3.05) is 6.54 Å². The minimum Gasteiger partial charge on any atom is -0.481 e. The summed E-state index contributed by atoms with van der Waals surface area (Å²) in [5.74, 6) is -11.1. The Bertz CT molecular complexity index is 2590. The molecule has 448 valence electrons. The van der Waals surface area contributed by atoms with Crippen LogP contribution < -0.4 is 54.0 Å². The maximum Gasteiger partial charge on any atom is 0.326 e. The third kappa shape index (κ3) is 22.2. The minimum absolute atomic E-state index is 0.0376. The normalized spacial score (nSPS) is 15.5. The molecule has 0 unspecified atom stereocenters. The van der Waals surface area contributed by atoms with E-state index in [1.807, 2.05) is 32.0 Å². The van der Waals surface area contributed by atoms with Crippen molar-refractivity contribution in [2.24, 2.45) is 35.1 Å². The molecular formula is C57H87N11O13. The number of hydrogen-bond acceptors (Lipinski definition) is 13. The number of nitrogens with two attached hydrogens (primary N) is 2. The van der Waals surface area contributed by atoms with Crippen molar-refractivity contribution in [3.63, 3.8) is 0 Å². The molecule has 0 fully saturated rings. The molecule has 0 aliphatic carbocycles. The van der Waals surface area contributed by atoms with E-state index in [2.05, 4.69) is 47.5 Å². The smallest absolute Gasteiger partial charge is 0.326 e. The molecule has 8 amide bonds. The molecule has 3 rings (SSSR count). The number of aromatic amines is 1. The fourth-order valence-corrected chi connectivity index (χ4v) is 8.86. The maximum absolute atomic E-state index is 14.5. The molecule has 0 aliphatic heterocycles. The van der Waals surface area contributed by atoms with Gasteiger partial charge < -0.3 is 74.3 Å². The molecule has 24 nitrogen and oxygen atoms in total. The molecule has 0 bridgehead atoms. The van der Waals surface area contributed by atoms with Gasteiger partial charge in [0.05, 0.1) is 18.6 Å². The lowest BCUT2D eigenvalue weighted by atomic mass is 9.96. The first-order chi connectivity index (χ1) is 38.2. The zero-order chi connectivity index (χ0) is 60.7. The molecule has 0 saturated carbocycles. The van der Waals surface area contributed by atoms with Gasteiger partial charge in [0.2, 0.25) is 47.3 Å². The van der Waals surface area contributed by atoms with E-state index in [9.17, 15) is 63.3 Å². The maximum atomic E-state index is 14.5. The van der Waals surface area contributed by atoms with E-state index in [1.54, 1.807) is 84.1 Å². The van der Waals surface area contributed by atoms with Crippen LogP contribution in [-0.2, 0) is 60.8 Å². The van der Waals surface area contributed by atoms with E-state index < -0.39 is 132 Å². The number of unbranched alkanes of at least 4 members (excludes halogenated alkanes) is 1. The predicted molar refractivity (Wildman–Crippen MR) is 303 cm³/mol. The number of para-hydroxylation sites is 1. The number of aliphatic hydroxyl groups is 1. The largest absolute Gasteiger partial charge is 0.481 e. The molecular weight excluding hydrogens is 1050 g/mol. The highest BCUT2D eigenvalue weighted by molar-refractivity contribution is 5.99. The number of carbonyl (C=O) groups excluding carboxylic acids is 8. The number of hydrogen-bond donors (Lipinski definition) is 14. The Hall–Kier alpha value is -7.44. The lowest BCUT2D eigenvalue weighted by molar-refractivity contribution is -0.143. The Morgan fingerprint density at radius 3 is 1.59 bits per heavy atom. The zero-order valence-electron chi connectivity index (χ0n) is 48.0. The van der Waals surface area contributed by atoms with Crippen LogP contribution in [0.2, 0.25) is 0 Å². The van der Waals surface area contributed by atoms with Crippen LogP contribution in [0.3, 0.4) is 0 Å². The first-order valence-electron chi connectivity index (χ1n) is 27.8. The molecule has 24 heteroatoms. The van der Waals surface area contributed by atoms with Crippen LogP contribution >= 0.6 is 0 Å². The number of carboxylic acid groups (broad SMARTS) is 2. The van der Waals surface area contributed by atoms with Crippen LogP contribution in [-0.4, -0.2) is 147 Å². The monoisotopic (exact) mass is 1130 g/mol. The number of aromatic nitrogens is 1. The van der Waals surface area contributed by atoms with E-state index in [0.29, 0.717) is 24.0 Å². The Labute approximate surface area is 473 Å². The second-order valence-electron chi connectivity index (χ2n) is 22.0. The Morgan fingerprint density at radius 2 is 1.02 bits per heavy atom. The number of benzene rings is 2. The fourth-order valence-electron chi connectivity index (χ4n) is 8.86. The van der Waals surface area contributed by atoms with Gasteiger partial charge in [0.25, 0.3) is 0 Å². The first kappa shape index (κ1) is 67.8. The number of H-pyrrole nitrogens is 1.